The van der Waals surface area contributed by atoms with Gasteiger partial charge in [0.25, 0.3) is 0 Å². The SMILES string of the molecule is CCOCCOCC(=O)N1CCC(C(=O)O)C1. The molecule has 1 unspecified atom stereocenters. The van der Waals surface area contributed by atoms with Gasteiger partial charge < -0.3 is 19.5 Å². The van der Waals surface area contributed by atoms with E-state index in [-0.39, 0.29) is 12.5 Å². The third-order valence-corrected chi connectivity index (χ3v) is 2.69. The van der Waals surface area contributed by atoms with Gasteiger partial charge >= 0.3 is 5.97 Å². The maximum Gasteiger partial charge on any atom is 0.308 e. The van der Waals surface area contributed by atoms with Crippen molar-refractivity contribution in [2.45, 2.75) is 13.3 Å². The number of hydrogen-bond donors (Lipinski definition) is 1. The normalized spacial score (nSPS) is 19.6. The number of hydrogen-bond acceptors (Lipinski definition) is 4. The fraction of sp³-hybridized carbons (Fsp3) is 0.818. The van der Waals surface area contributed by atoms with Crippen LogP contribution < -0.4 is 0 Å². The fourth-order valence-electron chi connectivity index (χ4n) is 1.70. The van der Waals surface area contributed by atoms with E-state index in [1.807, 2.05) is 6.92 Å². The van der Waals surface area contributed by atoms with Gasteiger partial charge in [0.2, 0.25) is 5.91 Å². The molecule has 1 aliphatic heterocycles. The third kappa shape index (κ3) is 4.70. The Morgan fingerprint density at radius 3 is 2.65 bits per heavy atom. The maximum atomic E-state index is 11.6. The van der Waals surface area contributed by atoms with Gasteiger partial charge in [-0.15, -0.1) is 0 Å². The van der Waals surface area contributed by atoms with Crippen molar-refractivity contribution in [3.05, 3.63) is 0 Å². The van der Waals surface area contributed by atoms with E-state index in [4.69, 9.17) is 14.6 Å². The standard InChI is InChI=1S/C11H19NO5/c1-2-16-5-6-17-8-10(13)12-4-3-9(7-12)11(14)15/h9H,2-8H2,1H3,(H,14,15). The molecule has 0 aliphatic carbocycles. The highest BCUT2D eigenvalue weighted by molar-refractivity contribution is 5.79. The molecule has 0 bridgehead atoms. The molecule has 0 aromatic rings. The summed E-state index contributed by atoms with van der Waals surface area (Å²) in [6.45, 7) is 4.18. The second-order valence-corrected chi connectivity index (χ2v) is 3.91. The minimum absolute atomic E-state index is 0.000582. The van der Waals surface area contributed by atoms with Gasteiger partial charge in [0, 0.05) is 19.7 Å². The monoisotopic (exact) mass is 245 g/mol. The van der Waals surface area contributed by atoms with Crippen molar-refractivity contribution < 1.29 is 24.2 Å². The van der Waals surface area contributed by atoms with Crippen LogP contribution in [0.15, 0.2) is 0 Å². The van der Waals surface area contributed by atoms with E-state index >= 15 is 0 Å². The topological polar surface area (TPSA) is 76.1 Å². The second kappa shape index (κ2) is 7.24. The van der Waals surface area contributed by atoms with Gasteiger partial charge in [0.05, 0.1) is 19.1 Å². The summed E-state index contributed by atoms with van der Waals surface area (Å²) in [5.74, 6) is -1.41. The molecule has 0 aromatic heterocycles. The van der Waals surface area contributed by atoms with Crippen molar-refractivity contribution >= 4 is 11.9 Å². The molecule has 0 saturated carbocycles. The molecular formula is C11H19NO5. The Morgan fingerprint density at radius 1 is 1.35 bits per heavy atom. The molecule has 0 radical (unpaired) electrons. The lowest BCUT2D eigenvalue weighted by molar-refractivity contribution is -0.141. The predicted molar refractivity (Wildman–Crippen MR) is 59.6 cm³/mol. The minimum Gasteiger partial charge on any atom is -0.481 e. The number of carboxylic acid groups (broad SMARTS) is 1. The first-order chi connectivity index (χ1) is 8.15. The molecule has 1 amide bonds. The molecule has 6 heteroatoms. The van der Waals surface area contributed by atoms with Crippen LogP contribution in [0.25, 0.3) is 0 Å². The molecule has 1 heterocycles. The second-order valence-electron chi connectivity index (χ2n) is 3.91. The summed E-state index contributed by atoms with van der Waals surface area (Å²) >= 11 is 0. The van der Waals surface area contributed by atoms with Crippen molar-refractivity contribution in [1.29, 1.82) is 0 Å². The van der Waals surface area contributed by atoms with Crippen molar-refractivity contribution in [3.8, 4) is 0 Å². The summed E-state index contributed by atoms with van der Waals surface area (Å²) in [4.78, 5) is 23.9. The highest BCUT2D eigenvalue weighted by Crippen LogP contribution is 2.16. The molecular weight excluding hydrogens is 226 g/mol. The quantitative estimate of drug-likeness (QED) is 0.637. The molecule has 6 nitrogen and oxygen atoms in total. The Labute approximate surface area is 100 Å². The van der Waals surface area contributed by atoms with Gasteiger partial charge in [-0.3, -0.25) is 9.59 Å². The Balaban J connectivity index is 2.14. The Bertz CT molecular complexity index is 269. The number of carboxylic acids is 1. The van der Waals surface area contributed by atoms with Crippen molar-refractivity contribution in [2.24, 2.45) is 5.92 Å². The summed E-state index contributed by atoms with van der Waals surface area (Å²) in [5.41, 5.74) is 0. The minimum atomic E-state index is -0.836. The van der Waals surface area contributed by atoms with E-state index in [0.29, 0.717) is 39.3 Å². The average molecular weight is 245 g/mol. The summed E-state index contributed by atoms with van der Waals surface area (Å²) in [7, 11) is 0. The molecule has 1 N–H and O–H groups in total. The van der Waals surface area contributed by atoms with E-state index in [0.717, 1.165) is 0 Å². The van der Waals surface area contributed by atoms with E-state index in [9.17, 15) is 9.59 Å². The number of amides is 1. The van der Waals surface area contributed by atoms with E-state index in [2.05, 4.69) is 0 Å². The zero-order valence-electron chi connectivity index (χ0n) is 10.1. The third-order valence-electron chi connectivity index (χ3n) is 2.69. The van der Waals surface area contributed by atoms with Crippen LogP contribution in [0.5, 0.6) is 0 Å². The van der Waals surface area contributed by atoms with Crippen LogP contribution in [0.4, 0.5) is 0 Å². The van der Waals surface area contributed by atoms with Crippen LogP contribution in [0.3, 0.4) is 0 Å². The van der Waals surface area contributed by atoms with Crippen molar-refractivity contribution in [1.82, 2.24) is 4.90 Å². The molecule has 0 spiro atoms. The first-order valence-electron chi connectivity index (χ1n) is 5.81. The lowest BCUT2D eigenvalue weighted by Gasteiger charge is -2.15. The number of carbonyl (C=O) groups is 2. The van der Waals surface area contributed by atoms with Gasteiger partial charge in [-0.2, -0.15) is 0 Å². The summed E-state index contributed by atoms with van der Waals surface area (Å²) in [6.07, 6.45) is 0.528. The fourth-order valence-corrected chi connectivity index (χ4v) is 1.70. The molecule has 1 aliphatic rings. The van der Waals surface area contributed by atoms with Gasteiger partial charge in [-0.1, -0.05) is 0 Å². The Morgan fingerprint density at radius 2 is 2.06 bits per heavy atom. The van der Waals surface area contributed by atoms with E-state index in [1.54, 1.807) is 4.90 Å². The Hall–Kier alpha value is -1.14. The molecule has 98 valence electrons. The maximum absolute atomic E-state index is 11.6. The van der Waals surface area contributed by atoms with Crippen LogP contribution in [-0.4, -0.2) is 61.4 Å². The number of likely N-dealkylation sites (tertiary alicyclic amines) is 1. The first-order valence-corrected chi connectivity index (χ1v) is 5.81. The first kappa shape index (κ1) is 13.9. The van der Waals surface area contributed by atoms with Gasteiger partial charge in [-0.05, 0) is 13.3 Å². The summed E-state index contributed by atoms with van der Waals surface area (Å²) in [5, 5.41) is 8.80. The largest absolute Gasteiger partial charge is 0.481 e. The number of rotatable bonds is 7. The zero-order chi connectivity index (χ0) is 12.7. The van der Waals surface area contributed by atoms with Gasteiger partial charge in [0.15, 0.2) is 0 Å². The Kier molecular flexibility index (Phi) is 5.93. The molecule has 17 heavy (non-hydrogen) atoms. The number of aliphatic carboxylic acids is 1. The zero-order valence-corrected chi connectivity index (χ0v) is 10.1. The highest BCUT2D eigenvalue weighted by Gasteiger charge is 2.30. The van der Waals surface area contributed by atoms with Crippen molar-refractivity contribution in [3.63, 3.8) is 0 Å². The van der Waals surface area contributed by atoms with Gasteiger partial charge in [0.1, 0.15) is 6.61 Å². The summed E-state index contributed by atoms with van der Waals surface area (Å²) < 4.78 is 10.2. The lowest BCUT2D eigenvalue weighted by Crippen LogP contribution is -2.33. The predicted octanol–water partition coefficient (Wildman–Crippen LogP) is -0.0274. The summed E-state index contributed by atoms with van der Waals surface area (Å²) in [6, 6.07) is 0. The molecule has 1 saturated heterocycles. The van der Waals surface area contributed by atoms with Gasteiger partial charge in [-0.25, -0.2) is 0 Å². The molecule has 1 fully saturated rings. The smallest absolute Gasteiger partial charge is 0.308 e. The van der Waals surface area contributed by atoms with Crippen LogP contribution in [0.2, 0.25) is 0 Å². The van der Waals surface area contributed by atoms with Crippen LogP contribution in [-0.2, 0) is 19.1 Å². The van der Waals surface area contributed by atoms with Crippen LogP contribution in [0, 0.1) is 5.92 Å². The van der Waals surface area contributed by atoms with Crippen molar-refractivity contribution in [2.75, 3.05) is 39.5 Å². The van der Waals surface area contributed by atoms with E-state index in [1.165, 1.54) is 0 Å². The van der Waals surface area contributed by atoms with Crippen LogP contribution >= 0.6 is 0 Å². The number of nitrogens with zero attached hydrogens (tertiary/aromatic N) is 1. The molecule has 0 aromatic carbocycles. The number of carbonyl (C=O) groups excluding carboxylic acids is 1. The number of ether oxygens (including phenoxy) is 2. The molecule has 1 atom stereocenters. The van der Waals surface area contributed by atoms with E-state index < -0.39 is 11.9 Å². The molecule has 1 rings (SSSR count). The van der Waals surface area contributed by atoms with Crippen LogP contribution in [0.1, 0.15) is 13.3 Å². The average Bonchev–Trinajstić information content (AvgIpc) is 2.78. The highest BCUT2D eigenvalue weighted by atomic mass is 16.5. The lowest BCUT2D eigenvalue weighted by atomic mass is 10.1.